The van der Waals surface area contributed by atoms with Crippen LogP contribution in [-0.4, -0.2) is 29.1 Å². The van der Waals surface area contributed by atoms with E-state index in [0.717, 1.165) is 27.9 Å². The smallest absolute Gasteiger partial charge is 0.308 e. The van der Waals surface area contributed by atoms with Crippen LogP contribution in [0, 0.1) is 13.8 Å². The van der Waals surface area contributed by atoms with Gasteiger partial charge in [-0.25, -0.2) is 4.79 Å². The van der Waals surface area contributed by atoms with Gasteiger partial charge in [-0.2, -0.15) is 0 Å². The Morgan fingerprint density at radius 2 is 1.91 bits per heavy atom. The first-order valence-electron chi connectivity index (χ1n) is 10.9. The molecule has 0 aromatic heterocycles. The van der Waals surface area contributed by atoms with Crippen LogP contribution >= 0.6 is 23.4 Å². The van der Waals surface area contributed by atoms with Gasteiger partial charge in [0, 0.05) is 28.6 Å². The molecule has 168 valence electrons. The number of nitrogens with zero attached hydrogens (tertiary/aromatic N) is 2. The number of carbonyl (C=O) groups excluding carboxylic acids is 2. The number of urea groups is 1. The first kappa shape index (κ1) is 21.9. The summed E-state index contributed by atoms with van der Waals surface area (Å²) < 4.78 is 0. The molecule has 0 saturated carbocycles. The zero-order valence-corrected chi connectivity index (χ0v) is 20.0. The number of aryl methyl sites for hydroxylation is 2. The Labute approximate surface area is 202 Å². The molecule has 5 rings (SSSR count). The third-order valence-corrected chi connectivity index (χ3v) is 8.02. The molecule has 1 atom stereocenters. The van der Waals surface area contributed by atoms with Crippen molar-refractivity contribution in [1.29, 1.82) is 0 Å². The van der Waals surface area contributed by atoms with Gasteiger partial charge in [0.1, 0.15) is 0 Å². The molecule has 3 amide bonds. The highest BCUT2D eigenvalue weighted by molar-refractivity contribution is 8.01. The highest BCUT2D eigenvalue weighted by Gasteiger charge is 2.59. The number of thioether (sulfide) groups is 1. The van der Waals surface area contributed by atoms with Gasteiger partial charge in [-0.15, -0.1) is 11.8 Å². The second-order valence-electron chi connectivity index (χ2n) is 8.44. The molecule has 3 aromatic carbocycles. The minimum absolute atomic E-state index is 0.0789. The van der Waals surface area contributed by atoms with Crippen LogP contribution in [-0.2, 0) is 16.2 Å². The van der Waals surface area contributed by atoms with Crippen molar-refractivity contribution in [3.63, 3.8) is 0 Å². The van der Waals surface area contributed by atoms with Crippen molar-refractivity contribution in [3.8, 4) is 0 Å². The molecule has 1 unspecified atom stereocenters. The number of nitrogens with one attached hydrogen (secondary N) is 1. The molecule has 3 aromatic rings. The molecule has 1 N–H and O–H groups in total. The largest absolute Gasteiger partial charge is 0.323 e. The predicted octanol–water partition coefficient (Wildman–Crippen LogP) is 5.94. The Balaban J connectivity index is 1.50. The number of amides is 3. The van der Waals surface area contributed by atoms with E-state index in [1.54, 1.807) is 11.0 Å². The Morgan fingerprint density at radius 1 is 1.09 bits per heavy atom. The van der Waals surface area contributed by atoms with Crippen LogP contribution in [0.15, 0.2) is 66.7 Å². The van der Waals surface area contributed by atoms with E-state index in [-0.39, 0.29) is 11.9 Å². The SMILES string of the molecule is Cc1cccc(CN2C(=O)C3(SCCN3C(=O)Nc3ccc(C)c(Cl)c3)c3ccccc32)c1. The molecule has 5 nitrogen and oxygen atoms in total. The van der Waals surface area contributed by atoms with E-state index >= 15 is 0 Å². The van der Waals surface area contributed by atoms with E-state index in [0.29, 0.717) is 29.6 Å². The molecule has 0 radical (unpaired) electrons. The Hall–Kier alpha value is -2.96. The Morgan fingerprint density at radius 3 is 2.70 bits per heavy atom. The standard InChI is InChI=1S/C26H24ClN3O2S/c1-17-6-5-7-19(14-17)16-29-23-9-4-3-8-21(23)26(24(29)31)30(12-13-33-26)25(32)28-20-11-10-18(2)22(27)15-20/h3-11,14-15H,12-13,16H2,1-2H3,(H,28,32). The van der Waals surface area contributed by atoms with Crippen molar-refractivity contribution in [2.24, 2.45) is 0 Å². The first-order valence-corrected chi connectivity index (χ1v) is 12.2. The summed E-state index contributed by atoms with van der Waals surface area (Å²) in [7, 11) is 0. The van der Waals surface area contributed by atoms with Gasteiger partial charge in [0.25, 0.3) is 5.91 Å². The minimum atomic E-state index is -1.07. The third kappa shape index (κ3) is 3.67. The lowest BCUT2D eigenvalue weighted by atomic mass is 10.1. The number of para-hydroxylation sites is 1. The van der Waals surface area contributed by atoms with Gasteiger partial charge >= 0.3 is 6.03 Å². The normalized spacial score (nSPS) is 19.3. The van der Waals surface area contributed by atoms with Crippen LogP contribution in [0.5, 0.6) is 0 Å². The molecular formula is C26H24ClN3O2S. The van der Waals surface area contributed by atoms with E-state index in [1.807, 2.05) is 73.3 Å². The van der Waals surface area contributed by atoms with E-state index in [9.17, 15) is 9.59 Å². The van der Waals surface area contributed by atoms with Crippen molar-refractivity contribution in [3.05, 3.63) is 94.0 Å². The summed E-state index contributed by atoms with van der Waals surface area (Å²) in [5.74, 6) is 0.602. The number of hydrogen-bond acceptors (Lipinski definition) is 3. The van der Waals surface area contributed by atoms with E-state index in [1.165, 1.54) is 11.8 Å². The summed E-state index contributed by atoms with van der Waals surface area (Å²) in [5, 5.41) is 3.53. The van der Waals surface area contributed by atoms with Crippen molar-refractivity contribution in [1.82, 2.24) is 4.90 Å². The summed E-state index contributed by atoms with van der Waals surface area (Å²) >= 11 is 7.77. The van der Waals surface area contributed by atoms with Crippen LogP contribution in [0.1, 0.15) is 22.3 Å². The van der Waals surface area contributed by atoms with Gasteiger partial charge in [0.05, 0.1) is 12.2 Å². The molecule has 1 saturated heterocycles. The maximum absolute atomic E-state index is 14.0. The Bertz CT molecular complexity index is 1260. The lowest BCUT2D eigenvalue weighted by Crippen LogP contribution is -2.51. The number of rotatable bonds is 3. The predicted molar refractivity (Wildman–Crippen MR) is 135 cm³/mol. The summed E-state index contributed by atoms with van der Waals surface area (Å²) in [6.45, 7) is 4.90. The van der Waals surface area contributed by atoms with Gasteiger partial charge in [0.2, 0.25) is 0 Å². The molecule has 7 heteroatoms. The molecule has 0 aliphatic carbocycles. The molecule has 1 fully saturated rings. The molecule has 1 spiro atoms. The van der Waals surface area contributed by atoms with Gasteiger partial charge in [-0.1, -0.05) is 65.7 Å². The Kier molecular flexibility index (Phi) is 5.59. The van der Waals surface area contributed by atoms with Crippen LogP contribution in [0.4, 0.5) is 16.2 Å². The van der Waals surface area contributed by atoms with Crippen LogP contribution < -0.4 is 10.2 Å². The lowest BCUT2D eigenvalue weighted by Gasteiger charge is -2.33. The highest BCUT2D eigenvalue weighted by atomic mass is 35.5. The average molecular weight is 478 g/mol. The maximum atomic E-state index is 14.0. The maximum Gasteiger partial charge on any atom is 0.323 e. The van der Waals surface area contributed by atoms with Crippen LogP contribution in [0.25, 0.3) is 0 Å². The zero-order chi connectivity index (χ0) is 23.2. The summed E-state index contributed by atoms with van der Waals surface area (Å²) in [6.07, 6.45) is 0. The second-order valence-corrected chi connectivity index (χ2v) is 10.1. The minimum Gasteiger partial charge on any atom is -0.308 e. The van der Waals surface area contributed by atoms with E-state index in [4.69, 9.17) is 11.6 Å². The fourth-order valence-electron chi connectivity index (χ4n) is 4.58. The topological polar surface area (TPSA) is 52.7 Å². The molecule has 2 aliphatic heterocycles. The molecule has 2 aliphatic rings. The van der Waals surface area contributed by atoms with Gasteiger partial charge < -0.3 is 10.2 Å². The molecule has 33 heavy (non-hydrogen) atoms. The monoisotopic (exact) mass is 477 g/mol. The van der Waals surface area contributed by atoms with Gasteiger partial charge in [0.15, 0.2) is 4.87 Å². The summed E-state index contributed by atoms with van der Waals surface area (Å²) in [5.41, 5.74) is 5.48. The lowest BCUT2D eigenvalue weighted by molar-refractivity contribution is -0.123. The number of fused-ring (bicyclic) bond motifs is 2. The van der Waals surface area contributed by atoms with E-state index in [2.05, 4.69) is 11.4 Å². The van der Waals surface area contributed by atoms with Gasteiger partial charge in [-0.05, 0) is 43.2 Å². The van der Waals surface area contributed by atoms with Crippen molar-refractivity contribution in [2.45, 2.75) is 25.3 Å². The fraction of sp³-hybridized carbons (Fsp3) is 0.231. The number of halogens is 1. The number of benzene rings is 3. The van der Waals surface area contributed by atoms with Crippen molar-refractivity contribution >= 4 is 46.7 Å². The first-order chi connectivity index (χ1) is 15.9. The molecule has 0 bridgehead atoms. The van der Waals surface area contributed by atoms with Gasteiger partial charge in [-0.3, -0.25) is 9.69 Å². The zero-order valence-electron chi connectivity index (χ0n) is 18.5. The summed E-state index contributed by atoms with van der Waals surface area (Å²) in [6, 6.07) is 21.1. The quantitative estimate of drug-likeness (QED) is 0.508. The fourth-order valence-corrected chi connectivity index (χ4v) is 6.22. The molecular weight excluding hydrogens is 454 g/mol. The highest BCUT2D eigenvalue weighted by Crippen LogP contribution is 2.54. The van der Waals surface area contributed by atoms with Crippen molar-refractivity contribution < 1.29 is 9.59 Å². The number of anilines is 2. The average Bonchev–Trinajstić information content (AvgIpc) is 3.34. The van der Waals surface area contributed by atoms with Crippen LogP contribution in [0.3, 0.4) is 0 Å². The number of carbonyl (C=O) groups is 2. The molecule has 2 heterocycles. The summed E-state index contributed by atoms with van der Waals surface area (Å²) in [4.78, 5) is 29.8. The van der Waals surface area contributed by atoms with E-state index < -0.39 is 4.87 Å². The number of hydrogen-bond donors (Lipinski definition) is 1. The third-order valence-electron chi connectivity index (χ3n) is 6.19. The second kappa shape index (κ2) is 8.43. The van der Waals surface area contributed by atoms with Crippen molar-refractivity contribution in [2.75, 3.05) is 22.5 Å². The van der Waals surface area contributed by atoms with Crippen LogP contribution in [0.2, 0.25) is 5.02 Å².